The fourth-order valence-electron chi connectivity index (χ4n) is 1.65. The Balaban J connectivity index is 1.97. The van der Waals surface area contributed by atoms with E-state index >= 15 is 0 Å². The van der Waals surface area contributed by atoms with Crippen LogP contribution < -0.4 is 14.8 Å². The van der Waals surface area contributed by atoms with Crippen molar-refractivity contribution in [2.75, 3.05) is 18.7 Å². The molecular weight excluding hydrogens is 222 g/mol. The molecule has 2 rings (SSSR count). The molecule has 2 N–H and O–H groups in total. The Morgan fingerprint density at radius 2 is 2.24 bits per heavy atom. The molecule has 5 heteroatoms. The average molecular weight is 237 g/mol. The van der Waals surface area contributed by atoms with Gasteiger partial charge in [-0.15, -0.1) is 0 Å². The van der Waals surface area contributed by atoms with Gasteiger partial charge in [-0.3, -0.25) is 4.79 Å². The van der Waals surface area contributed by atoms with Crippen LogP contribution in [0.1, 0.15) is 13.3 Å². The van der Waals surface area contributed by atoms with E-state index < -0.39 is 5.97 Å². The molecule has 0 saturated carbocycles. The van der Waals surface area contributed by atoms with Gasteiger partial charge in [0.1, 0.15) is 0 Å². The molecule has 1 aliphatic rings. The van der Waals surface area contributed by atoms with E-state index in [1.54, 1.807) is 0 Å². The molecule has 17 heavy (non-hydrogen) atoms. The molecule has 1 aliphatic heterocycles. The maximum Gasteiger partial charge on any atom is 0.308 e. The van der Waals surface area contributed by atoms with Gasteiger partial charge in [0, 0.05) is 18.3 Å². The summed E-state index contributed by atoms with van der Waals surface area (Å²) in [7, 11) is 0. The van der Waals surface area contributed by atoms with Crippen LogP contribution in [-0.2, 0) is 4.79 Å². The van der Waals surface area contributed by atoms with Gasteiger partial charge >= 0.3 is 5.97 Å². The smallest absolute Gasteiger partial charge is 0.308 e. The number of anilines is 1. The predicted molar refractivity (Wildman–Crippen MR) is 62.5 cm³/mol. The lowest BCUT2D eigenvalue weighted by atomic mass is 10.1. The molecule has 0 saturated heterocycles. The highest BCUT2D eigenvalue weighted by atomic mass is 16.7. The Morgan fingerprint density at radius 1 is 1.47 bits per heavy atom. The highest BCUT2D eigenvalue weighted by Crippen LogP contribution is 2.34. The molecule has 5 nitrogen and oxygen atoms in total. The quantitative estimate of drug-likeness (QED) is 0.819. The average Bonchev–Trinajstić information content (AvgIpc) is 2.76. The van der Waals surface area contributed by atoms with Gasteiger partial charge in [0.15, 0.2) is 11.5 Å². The fraction of sp³-hybridized carbons (Fsp3) is 0.417. The number of fused-ring (bicyclic) bond motifs is 1. The van der Waals surface area contributed by atoms with Crippen molar-refractivity contribution in [2.24, 2.45) is 5.92 Å². The van der Waals surface area contributed by atoms with E-state index in [0.29, 0.717) is 18.7 Å². The number of aliphatic carboxylic acids is 1. The molecule has 92 valence electrons. The SMILES string of the molecule is CCC(CNc1ccc2c(c1)OCO2)C(=O)O. The number of hydrogen-bond acceptors (Lipinski definition) is 4. The lowest BCUT2D eigenvalue weighted by Gasteiger charge is -2.12. The second-order valence-electron chi connectivity index (χ2n) is 3.89. The maximum atomic E-state index is 10.9. The second kappa shape index (κ2) is 4.95. The van der Waals surface area contributed by atoms with Crippen LogP contribution >= 0.6 is 0 Å². The van der Waals surface area contributed by atoms with E-state index in [0.717, 1.165) is 11.4 Å². The van der Waals surface area contributed by atoms with E-state index in [1.807, 2.05) is 25.1 Å². The molecule has 0 aromatic heterocycles. The molecule has 0 radical (unpaired) electrons. The molecule has 0 spiro atoms. The van der Waals surface area contributed by atoms with Crippen molar-refractivity contribution >= 4 is 11.7 Å². The Morgan fingerprint density at radius 3 is 2.94 bits per heavy atom. The lowest BCUT2D eigenvalue weighted by molar-refractivity contribution is -0.141. The molecule has 0 amide bonds. The van der Waals surface area contributed by atoms with Crippen molar-refractivity contribution in [2.45, 2.75) is 13.3 Å². The Labute approximate surface area is 99.3 Å². The van der Waals surface area contributed by atoms with Gasteiger partial charge in [0.25, 0.3) is 0 Å². The minimum atomic E-state index is -0.777. The van der Waals surface area contributed by atoms with Crippen LogP contribution in [0.25, 0.3) is 0 Å². The number of carboxylic acids is 1. The largest absolute Gasteiger partial charge is 0.481 e. The number of nitrogens with one attached hydrogen (secondary N) is 1. The van der Waals surface area contributed by atoms with Crippen molar-refractivity contribution in [1.82, 2.24) is 0 Å². The molecule has 0 aliphatic carbocycles. The minimum Gasteiger partial charge on any atom is -0.481 e. The summed E-state index contributed by atoms with van der Waals surface area (Å²) < 4.78 is 10.4. The zero-order valence-electron chi connectivity index (χ0n) is 9.60. The van der Waals surface area contributed by atoms with Crippen molar-refractivity contribution in [3.63, 3.8) is 0 Å². The molecule has 0 fully saturated rings. The summed E-state index contributed by atoms with van der Waals surface area (Å²) in [4.78, 5) is 10.9. The summed E-state index contributed by atoms with van der Waals surface area (Å²) in [6.45, 7) is 2.51. The van der Waals surface area contributed by atoms with Crippen LogP contribution in [0.2, 0.25) is 0 Å². The second-order valence-corrected chi connectivity index (χ2v) is 3.89. The minimum absolute atomic E-state index is 0.242. The fourth-order valence-corrected chi connectivity index (χ4v) is 1.65. The third kappa shape index (κ3) is 2.61. The third-order valence-corrected chi connectivity index (χ3v) is 2.77. The van der Waals surface area contributed by atoms with Crippen LogP contribution in [0.4, 0.5) is 5.69 Å². The predicted octanol–water partition coefficient (Wildman–Crippen LogP) is 1.94. The van der Waals surface area contributed by atoms with Gasteiger partial charge in [-0.25, -0.2) is 0 Å². The number of rotatable bonds is 5. The molecule has 1 heterocycles. The Kier molecular flexibility index (Phi) is 3.37. The molecule has 1 unspecified atom stereocenters. The first-order chi connectivity index (χ1) is 8.20. The summed E-state index contributed by atoms with van der Waals surface area (Å²) in [6.07, 6.45) is 0.604. The maximum absolute atomic E-state index is 10.9. The summed E-state index contributed by atoms with van der Waals surface area (Å²) in [5.41, 5.74) is 0.842. The number of benzene rings is 1. The summed E-state index contributed by atoms with van der Waals surface area (Å²) in [5, 5.41) is 12.0. The van der Waals surface area contributed by atoms with E-state index in [9.17, 15) is 4.79 Å². The third-order valence-electron chi connectivity index (χ3n) is 2.77. The van der Waals surface area contributed by atoms with Gasteiger partial charge in [-0.05, 0) is 18.6 Å². The highest BCUT2D eigenvalue weighted by molar-refractivity contribution is 5.70. The van der Waals surface area contributed by atoms with Gasteiger partial charge < -0.3 is 19.9 Å². The molecule has 1 atom stereocenters. The van der Waals surface area contributed by atoms with Crippen LogP contribution in [0.3, 0.4) is 0 Å². The summed E-state index contributed by atoms with van der Waals surface area (Å²) in [5.74, 6) is 0.264. The van der Waals surface area contributed by atoms with Gasteiger partial charge in [0.2, 0.25) is 6.79 Å². The zero-order valence-corrected chi connectivity index (χ0v) is 9.60. The molecule has 0 bridgehead atoms. The highest BCUT2D eigenvalue weighted by Gasteiger charge is 2.16. The van der Waals surface area contributed by atoms with Gasteiger partial charge in [0.05, 0.1) is 5.92 Å². The zero-order chi connectivity index (χ0) is 12.3. The van der Waals surface area contributed by atoms with E-state index in [1.165, 1.54) is 0 Å². The number of carboxylic acid groups (broad SMARTS) is 1. The van der Waals surface area contributed by atoms with Crippen molar-refractivity contribution in [3.05, 3.63) is 18.2 Å². The number of carbonyl (C=O) groups is 1. The number of ether oxygens (including phenoxy) is 2. The van der Waals surface area contributed by atoms with E-state index in [-0.39, 0.29) is 12.7 Å². The molecule has 1 aromatic carbocycles. The lowest BCUT2D eigenvalue weighted by Crippen LogP contribution is -2.21. The monoisotopic (exact) mass is 237 g/mol. The first-order valence-electron chi connectivity index (χ1n) is 5.57. The molecular formula is C12H15NO4. The standard InChI is InChI=1S/C12H15NO4/c1-2-8(12(14)15)6-13-9-3-4-10-11(5-9)17-7-16-10/h3-5,8,13H,2,6-7H2,1H3,(H,14,15). The topological polar surface area (TPSA) is 67.8 Å². The van der Waals surface area contributed by atoms with E-state index in [2.05, 4.69) is 5.32 Å². The van der Waals surface area contributed by atoms with Crippen LogP contribution in [0.5, 0.6) is 11.5 Å². The first kappa shape index (κ1) is 11.6. The molecule has 1 aromatic rings. The summed E-state index contributed by atoms with van der Waals surface area (Å²) >= 11 is 0. The normalized spacial score (nSPS) is 14.4. The summed E-state index contributed by atoms with van der Waals surface area (Å²) in [6, 6.07) is 5.48. The van der Waals surface area contributed by atoms with E-state index in [4.69, 9.17) is 14.6 Å². The first-order valence-corrected chi connectivity index (χ1v) is 5.57. The van der Waals surface area contributed by atoms with Crippen molar-refractivity contribution < 1.29 is 19.4 Å². The van der Waals surface area contributed by atoms with Gasteiger partial charge in [-0.2, -0.15) is 0 Å². The van der Waals surface area contributed by atoms with Crippen molar-refractivity contribution in [1.29, 1.82) is 0 Å². The van der Waals surface area contributed by atoms with Gasteiger partial charge in [-0.1, -0.05) is 6.92 Å². The Hall–Kier alpha value is -1.91. The van der Waals surface area contributed by atoms with Crippen LogP contribution in [-0.4, -0.2) is 24.4 Å². The van der Waals surface area contributed by atoms with Crippen LogP contribution in [0, 0.1) is 5.92 Å². The number of hydrogen-bond donors (Lipinski definition) is 2. The van der Waals surface area contributed by atoms with Crippen molar-refractivity contribution in [3.8, 4) is 11.5 Å². The Bertz CT molecular complexity index is 419. The van der Waals surface area contributed by atoms with Crippen LogP contribution in [0.15, 0.2) is 18.2 Å².